The predicted octanol–water partition coefficient (Wildman–Crippen LogP) is 2.62. The van der Waals surface area contributed by atoms with Crippen molar-refractivity contribution in [3.8, 4) is 0 Å². The first-order valence-electron chi connectivity index (χ1n) is 13.0. The number of hydrogen-bond acceptors (Lipinski definition) is 8. The van der Waals surface area contributed by atoms with Crippen LogP contribution in [-0.2, 0) is 28.6 Å². The van der Waals surface area contributed by atoms with Gasteiger partial charge in [0.15, 0.2) is 0 Å². The number of methoxy groups -OCH3 is 1. The first kappa shape index (κ1) is 23.2. The number of ether oxygens (including phenoxy) is 3. The molecule has 0 aromatic carbocycles. The number of rotatable bonds is 4. The molecule has 0 unspecified atom stereocenters. The highest BCUT2D eigenvalue weighted by Gasteiger charge is 2.83. The Morgan fingerprint density at radius 1 is 1.11 bits per heavy atom. The van der Waals surface area contributed by atoms with Gasteiger partial charge in [0.25, 0.3) is 0 Å². The van der Waals surface area contributed by atoms with Gasteiger partial charge >= 0.3 is 17.9 Å². The van der Waals surface area contributed by atoms with Gasteiger partial charge in [0.1, 0.15) is 12.7 Å². The van der Waals surface area contributed by atoms with Crippen molar-refractivity contribution in [1.29, 1.82) is 0 Å². The lowest BCUT2D eigenvalue weighted by Gasteiger charge is -2.70. The third kappa shape index (κ3) is 2.52. The van der Waals surface area contributed by atoms with Crippen LogP contribution in [0.15, 0.2) is 16.1 Å². The fraction of sp³-hybridized carbons (Fsp3) is 0.778. The molecule has 0 aromatic rings. The van der Waals surface area contributed by atoms with E-state index in [1.165, 1.54) is 32.1 Å². The molecular formula is C27H35NO7. The van der Waals surface area contributed by atoms with Crippen LogP contribution in [0.1, 0.15) is 59.3 Å². The van der Waals surface area contributed by atoms with Crippen LogP contribution in [-0.4, -0.2) is 61.2 Å². The summed E-state index contributed by atoms with van der Waals surface area (Å²) in [6.45, 7) is 5.55. The lowest BCUT2D eigenvalue weighted by atomic mass is 9.34. The highest BCUT2D eigenvalue weighted by atomic mass is 16.6. The lowest BCUT2D eigenvalue weighted by molar-refractivity contribution is -0.245. The van der Waals surface area contributed by atoms with E-state index >= 15 is 0 Å². The highest BCUT2D eigenvalue weighted by Crippen LogP contribution is 2.79. The summed E-state index contributed by atoms with van der Waals surface area (Å²) in [5, 5.41) is 12.1. The van der Waals surface area contributed by atoms with Crippen molar-refractivity contribution in [2.45, 2.75) is 71.5 Å². The summed E-state index contributed by atoms with van der Waals surface area (Å²) in [5.74, 6) is -1.48. The van der Waals surface area contributed by atoms with Crippen molar-refractivity contribution >= 4 is 23.6 Å². The number of aliphatic imine (C=N–C) groups is 1. The summed E-state index contributed by atoms with van der Waals surface area (Å²) in [6.07, 6.45) is 3.10. The minimum absolute atomic E-state index is 0.0306. The summed E-state index contributed by atoms with van der Waals surface area (Å²) < 4.78 is 17.2. The maximum Gasteiger partial charge on any atom is 0.309 e. The molecule has 6 aliphatic carbocycles. The number of nitrogens with zero attached hydrogens (tertiary/aromatic N) is 1. The normalized spacial score (nSPS) is 46.5. The van der Waals surface area contributed by atoms with Crippen molar-refractivity contribution in [1.82, 2.24) is 0 Å². The zero-order chi connectivity index (χ0) is 24.9. The SMILES string of the molecule is COC(=O)[C@@H]1C[C@]23C4=NC[C@@H](C)[C@]45C[C@@H](OC(C)=O)[C@@]2(COC(C)=O)[C@@H](CCC2=C3[C@@H]1CC2)[C@H]5O. The van der Waals surface area contributed by atoms with E-state index in [0.29, 0.717) is 19.4 Å². The van der Waals surface area contributed by atoms with Gasteiger partial charge < -0.3 is 19.3 Å². The molecule has 4 bridgehead atoms. The Morgan fingerprint density at radius 2 is 1.86 bits per heavy atom. The fourth-order valence-corrected chi connectivity index (χ4v) is 9.77. The molecule has 0 amide bonds. The van der Waals surface area contributed by atoms with Gasteiger partial charge in [-0.2, -0.15) is 0 Å². The molecule has 2 spiro atoms. The molecule has 35 heavy (non-hydrogen) atoms. The average molecular weight is 486 g/mol. The van der Waals surface area contributed by atoms with Gasteiger partial charge in [-0.3, -0.25) is 19.4 Å². The first-order chi connectivity index (χ1) is 16.6. The van der Waals surface area contributed by atoms with E-state index in [0.717, 1.165) is 31.4 Å². The number of carbonyl (C=O) groups is 3. The highest BCUT2D eigenvalue weighted by molar-refractivity contribution is 6.04. The van der Waals surface area contributed by atoms with Crippen LogP contribution in [0.3, 0.4) is 0 Å². The smallest absolute Gasteiger partial charge is 0.309 e. The number of aliphatic hydroxyl groups excluding tert-OH is 1. The molecule has 9 atom stereocenters. The quantitative estimate of drug-likeness (QED) is 0.370. The Morgan fingerprint density at radius 3 is 2.54 bits per heavy atom. The van der Waals surface area contributed by atoms with E-state index in [2.05, 4.69) is 6.92 Å². The Labute approximate surface area is 205 Å². The van der Waals surface area contributed by atoms with Crippen molar-refractivity contribution in [3.05, 3.63) is 11.1 Å². The fourth-order valence-electron chi connectivity index (χ4n) is 9.77. The van der Waals surface area contributed by atoms with Crippen LogP contribution in [0, 0.1) is 39.9 Å². The largest absolute Gasteiger partial charge is 0.469 e. The van der Waals surface area contributed by atoms with E-state index in [-0.39, 0.29) is 42.2 Å². The predicted molar refractivity (Wildman–Crippen MR) is 124 cm³/mol. The molecule has 0 saturated heterocycles. The number of hydrogen-bond donors (Lipinski definition) is 1. The third-order valence-corrected chi connectivity index (χ3v) is 10.8. The second-order valence-electron chi connectivity index (χ2n) is 11.7. The molecule has 1 N–H and O–H groups in total. The van der Waals surface area contributed by atoms with Crippen molar-refractivity contribution in [2.75, 3.05) is 20.3 Å². The standard InChI is InChI=1S/C27H35NO7/c1-13-11-28-24-25(13)10-20(35-15(3)30)27(12-34-14(2)29)19(22(25)31)8-6-16-5-7-17-18(23(32)33-4)9-26(24,27)21(16)17/h13,17-20,22,31H,5-12H2,1-4H3/t13-,17-,18-,19+,20-,22-,25+,26+,27-/m1/s1. The molecule has 1 aliphatic heterocycles. The van der Waals surface area contributed by atoms with Crippen LogP contribution in [0.2, 0.25) is 0 Å². The van der Waals surface area contributed by atoms with Gasteiger partial charge in [0.2, 0.25) is 0 Å². The minimum atomic E-state index is -0.878. The number of carbonyl (C=O) groups excluding carboxylic acids is 3. The van der Waals surface area contributed by atoms with Gasteiger partial charge in [-0.25, -0.2) is 0 Å². The number of aliphatic hydroxyl groups is 1. The van der Waals surface area contributed by atoms with Crippen LogP contribution in [0.25, 0.3) is 0 Å². The van der Waals surface area contributed by atoms with Crippen LogP contribution < -0.4 is 0 Å². The molecule has 1 heterocycles. The van der Waals surface area contributed by atoms with Gasteiger partial charge in [0.05, 0.1) is 24.5 Å². The molecule has 0 radical (unpaired) electrons. The van der Waals surface area contributed by atoms with E-state index in [1.807, 2.05) is 0 Å². The number of fused-ring (bicyclic) bond motifs is 1. The molecule has 4 fully saturated rings. The summed E-state index contributed by atoms with van der Waals surface area (Å²) >= 11 is 0. The van der Waals surface area contributed by atoms with Gasteiger partial charge in [0, 0.05) is 36.9 Å². The van der Waals surface area contributed by atoms with Crippen molar-refractivity contribution in [2.24, 2.45) is 44.9 Å². The van der Waals surface area contributed by atoms with Crippen molar-refractivity contribution in [3.63, 3.8) is 0 Å². The number of allylic oxidation sites excluding steroid dienone is 2. The Bertz CT molecular complexity index is 1080. The summed E-state index contributed by atoms with van der Waals surface area (Å²) in [6, 6.07) is 0. The molecule has 190 valence electrons. The molecule has 8 heteroatoms. The van der Waals surface area contributed by atoms with Crippen LogP contribution >= 0.6 is 0 Å². The first-order valence-corrected chi connectivity index (χ1v) is 13.0. The molecule has 7 aliphatic rings. The van der Waals surface area contributed by atoms with E-state index in [4.69, 9.17) is 19.2 Å². The Kier molecular flexibility index (Phi) is 4.91. The Hall–Kier alpha value is -2.22. The van der Waals surface area contributed by atoms with Gasteiger partial charge in [-0.1, -0.05) is 18.1 Å². The van der Waals surface area contributed by atoms with Gasteiger partial charge in [-0.05, 0) is 56.3 Å². The van der Waals surface area contributed by atoms with Crippen LogP contribution in [0.4, 0.5) is 0 Å². The molecular weight excluding hydrogens is 450 g/mol. The zero-order valence-electron chi connectivity index (χ0n) is 21.0. The monoisotopic (exact) mass is 485 g/mol. The lowest BCUT2D eigenvalue weighted by Crippen LogP contribution is -2.78. The summed E-state index contributed by atoms with van der Waals surface area (Å²) in [4.78, 5) is 42.9. The number of esters is 3. The summed E-state index contributed by atoms with van der Waals surface area (Å²) in [7, 11) is 1.44. The molecule has 4 saturated carbocycles. The second kappa shape index (κ2) is 7.40. The topological polar surface area (TPSA) is 111 Å². The van der Waals surface area contributed by atoms with Crippen molar-refractivity contribution < 1.29 is 33.7 Å². The zero-order valence-corrected chi connectivity index (χ0v) is 21.0. The van der Waals surface area contributed by atoms with Gasteiger partial charge in [-0.15, -0.1) is 0 Å². The molecule has 8 nitrogen and oxygen atoms in total. The maximum absolute atomic E-state index is 13.1. The second-order valence-corrected chi connectivity index (χ2v) is 11.7. The maximum atomic E-state index is 13.1. The van der Waals surface area contributed by atoms with Crippen LogP contribution in [0.5, 0.6) is 0 Å². The molecule has 0 aromatic heterocycles. The van der Waals surface area contributed by atoms with E-state index in [1.54, 1.807) is 0 Å². The Balaban J connectivity index is 1.67. The molecule has 7 rings (SSSR count). The third-order valence-electron chi connectivity index (χ3n) is 10.8. The van der Waals surface area contributed by atoms with E-state index < -0.39 is 34.4 Å². The van der Waals surface area contributed by atoms with E-state index in [9.17, 15) is 19.5 Å². The average Bonchev–Trinajstić information content (AvgIpc) is 3.45. The minimum Gasteiger partial charge on any atom is -0.469 e. The summed E-state index contributed by atoms with van der Waals surface area (Å²) in [5.41, 5.74) is 1.37.